The summed E-state index contributed by atoms with van der Waals surface area (Å²) < 4.78 is 5.54. The standard InChI is InChI=1S/C23H23N5O/c1-14-18-5-3-4-6-19(18)22-12-17(25-23-27-26-15(2)29-23)9-10-28(22)21-8-7-16(13-24)11-20(14)21/h3-8,11,14,17,22H,9-10,12H2,1-2H3,(H,25,27)/t14-,17?,22-/m0/s1. The van der Waals surface area contributed by atoms with Gasteiger partial charge in [-0.05, 0) is 47.7 Å². The van der Waals surface area contributed by atoms with Gasteiger partial charge in [-0.2, -0.15) is 5.26 Å². The van der Waals surface area contributed by atoms with Crippen molar-refractivity contribution in [1.29, 1.82) is 5.26 Å². The summed E-state index contributed by atoms with van der Waals surface area (Å²) in [6.07, 6.45) is 1.93. The van der Waals surface area contributed by atoms with E-state index in [-0.39, 0.29) is 18.0 Å². The largest absolute Gasteiger partial charge is 0.408 e. The summed E-state index contributed by atoms with van der Waals surface area (Å²) in [5.41, 5.74) is 5.89. The highest BCUT2D eigenvalue weighted by Gasteiger charge is 2.36. The fourth-order valence-electron chi connectivity index (χ4n) is 4.82. The maximum atomic E-state index is 9.41. The minimum absolute atomic E-state index is 0.241. The van der Waals surface area contributed by atoms with E-state index in [0.717, 1.165) is 24.9 Å². The summed E-state index contributed by atoms with van der Waals surface area (Å²) in [5, 5.41) is 20.9. The zero-order valence-electron chi connectivity index (χ0n) is 16.6. The van der Waals surface area contributed by atoms with Crippen molar-refractivity contribution in [2.24, 2.45) is 0 Å². The first kappa shape index (κ1) is 17.7. The second kappa shape index (κ2) is 6.93. The first-order valence-corrected chi connectivity index (χ1v) is 10.1. The zero-order chi connectivity index (χ0) is 20.0. The molecule has 0 saturated carbocycles. The smallest absolute Gasteiger partial charge is 0.315 e. The third kappa shape index (κ3) is 3.03. The molecule has 1 N–H and O–H groups in total. The molecule has 146 valence electrons. The topological polar surface area (TPSA) is 78.0 Å². The molecule has 6 heteroatoms. The van der Waals surface area contributed by atoms with Crippen LogP contribution >= 0.6 is 0 Å². The van der Waals surface area contributed by atoms with Gasteiger partial charge in [-0.3, -0.25) is 0 Å². The molecule has 3 heterocycles. The highest BCUT2D eigenvalue weighted by molar-refractivity contribution is 5.64. The molecular weight excluding hydrogens is 362 g/mol. The van der Waals surface area contributed by atoms with Crippen molar-refractivity contribution in [3.05, 3.63) is 70.6 Å². The number of nitriles is 1. The summed E-state index contributed by atoms with van der Waals surface area (Å²) in [6, 6.07) is 18.1. The lowest BCUT2D eigenvalue weighted by Gasteiger charge is -2.41. The molecule has 3 atom stereocenters. The van der Waals surface area contributed by atoms with Gasteiger partial charge in [-0.15, -0.1) is 5.10 Å². The maximum Gasteiger partial charge on any atom is 0.315 e. The van der Waals surface area contributed by atoms with Crippen LogP contribution in [0.25, 0.3) is 0 Å². The van der Waals surface area contributed by atoms with E-state index in [1.165, 1.54) is 22.4 Å². The molecule has 0 bridgehead atoms. The molecule has 0 radical (unpaired) electrons. The molecule has 5 rings (SSSR count). The summed E-state index contributed by atoms with van der Waals surface area (Å²) in [7, 11) is 0. The van der Waals surface area contributed by atoms with Crippen LogP contribution < -0.4 is 10.2 Å². The Labute approximate surface area is 170 Å². The van der Waals surface area contributed by atoms with Gasteiger partial charge in [0.15, 0.2) is 0 Å². The van der Waals surface area contributed by atoms with Gasteiger partial charge in [0.1, 0.15) is 0 Å². The van der Waals surface area contributed by atoms with Crippen LogP contribution in [0.3, 0.4) is 0 Å². The van der Waals surface area contributed by atoms with Crippen LogP contribution in [-0.2, 0) is 0 Å². The van der Waals surface area contributed by atoms with Gasteiger partial charge in [0.05, 0.1) is 17.7 Å². The lowest BCUT2D eigenvalue weighted by atomic mass is 9.86. The molecule has 0 amide bonds. The Morgan fingerprint density at radius 2 is 1.97 bits per heavy atom. The Hall–Kier alpha value is -3.33. The molecule has 2 aliphatic rings. The molecular formula is C23H23N5O. The average Bonchev–Trinajstić information content (AvgIpc) is 3.13. The number of anilines is 2. The molecule has 0 spiro atoms. The number of nitrogens with one attached hydrogen (secondary N) is 1. The third-order valence-corrected chi connectivity index (χ3v) is 6.21. The van der Waals surface area contributed by atoms with Crippen LogP contribution in [0.5, 0.6) is 0 Å². The Morgan fingerprint density at radius 1 is 1.14 bits per heavy atom. The fourth-order valence-corrected chi connectivity index (χ4v) is 4.82. The first-order chi connectivity index (χ1) is 14.1. The van der Waals surface area contributed by atoms with Crippen molar-refractivity contribution in [2.45, 2.75) is 44.7 Å². The van der Waals surface area contributed by atoms with Crippen LogP contribution in [-0.4, -0.2) is 22.8 Å². The Balaban J connectivity index is 1.55. The van der Waals surface area contributed by atoms with Crippen molar-refractivity contribution in [3.8, 4) is 6.07 Å². The molecule has 1 saturated heterocycles. The van der Waals surface area contributed by atoms with E-state index in [0.29, 0.717) is 11.9 Å². The van der Waals surface area contributed by atoms with Gasteiger partial charge >= 0.3 is 6.01 Å². The monoisotopic (exact) mass is 385 g/mol. The van der Waals surface area contributed by atoms with Gasteiger partial charge < -0.3 is 14.6 Å². The van der Waals surface area contributed by atoms with E-state index in [1.54, 1.807) is 6.92 Å². The van der Waals surface area contributed by atoms with Crippen LogP contribution in [0.15, 0.2) is 46.9 Å². The number of benzene rings is 2. The molecule has 2 aromatic carbocycles. The van der Waals surface area contributed by atoms with Gasteiger partial charge in [-0.1, -0.05) is 36.3 Å². The number of hydrogen-bond donors (Lipinski definition) is 1. The molecule has 0 aliphatic carbocycles. The SMILES string of the molecule is Cc1nnc(NC2CCN3c4ccc(C#N)cc4[C@@H](C)c4ccccc4[C@@H]3C2)o1. The molecule has 1 aromatic heterocycles. The number of nitrogens with zero attached hydrogens (tertiary/aromatic N) is 4. The number of hydrogen-bond acceptors (Lipinski definition) is 6. The fraction of sp³-hybridized carbons (Fsp3) is 0.348. The van der Waals surface area contributed by atoms with E-state index >= 15 is 0 Å². The zero-order valence-corrected chi connectivity index (χ0v) is 16.6. The summed E-state index contributed by atoms with van der Waals surface area (Å²) >= 11 is 0. The van der Waals surface area contributed by atoms with Crippen LogP contribution in [0.2, 0.25) is 0 Å². The Bertz CT molecular complexity index is 1100. The van der Waals surface area contributed by atoms with Gasteiger partial charge in [0, 0.05) is 31.1 Å². The van der Waals surface area contributed by atoms with E-state index in [2.05, 4.69) is 69.8 Å². The summed E-state index contributed by atoms with van der Waals surface area (Å²) in [4.78, 5) is 2.51. The van der Waals surface area contributed by atoms with Gasteiger partial charge in [-0.25, -0.2) is 0 Å². The van der Waals surface area contributed by atoms with Crippen molar-refractivity contribution in [1.82, 2.24) is 10.2 Å². The van der Waals surface area contributed by atoms with E-state index in [4.69, 9.17) is 4.42 Å². The lowest BCUT2D eigenvalue weighted by Crippen LogP contribution is -2.41. The second-order valence-corrected chi connectivity index (χ2v) is 7.94. The summed E-state index contributed by atoms with van der Waals surface area (Å²) in [6.45, 7) is 4.97. The number of piperidine rings is 1. The lowest BCUT2D eigenvalue weighted by molar-refractivity contribution is 0.425. The molecule has 6 nitrogen and oxygen atoms in total. The number of aromatic nitrogens is 2. The minimum Gasteiger partial charge on any atom is -0.408 e. The molecule has 2 aliphatic heterocycles. The van der Waals surface area contributed by atoms with Crippen LogP contribution in [0, 0.1) is 18.3 Å². The molecule has 1 unspecified atom stereocenters. The minimum atomic E-state index is 0.241. The molecule has 1 fully saturated rings. The van der Waals surface area contributed by atoms with Crippen molar-refractivity contribution >= 4 is 11.7 Å². The van der Waals surface area contributed by atoms with Crippen LogP contribution in [0.1, 0.15) is 59.9 Å². The number of rotatable bonds is 2. The quantitative estimate of drug-likeness (QED) is 0.698. The van der Waals surface area contributed by atoms with Crippen molar-refractivity contribution < 1.29 is 4.42 Å². The molecule has 3 aromatic rings. The van der Waals surface area contributed by atoms with E-state index in [9.17, 15) is 5.26 Å². The van der Waals surface area contributed by atoms with Crippen LogP contribution in [0.4, 0.5) is 11.7 Å². The number of fused-ring (bicyclic) bond motifs is 5. The van der Waals surface area contributed by atoms with Crippen molar-refractivity contribution in [3.63, 3.8) is 0 Å². The molecule has 29 heavy (non-hydrogen) atoms. The average molecular weight is 385 g/mol. The van der Waals surface area contributed by atoms with E-state index < -0.39 is 0 Å². The maximum absolute atomic E-state index is 9.41. The third-order valence-electron chi connectivity index (χ3n) is 6.21. The predicted molar refractivity (Wildman–Crippen MR) is 111 cm³/mol. The van der Waals surface area contributed by atoms with E-state index in [1.807, 2.05) is 6.07 Å². The van der Waals surface area contributed by atoms with Gasteiger partial charge in [0.2, 0.25) is 5.89 Å². The summed E-state index contributed by atoms with van der Waals surface area (Å²) in [5.74, 6) is 0.811. The van der Waals surface area contributed by atoms with Crippen molar-refractivity contribution in [2.75, 3.05) is 16.8 Å². The highest BCUT2D eigenvalue weighted by Crippen LogP contribution is 2.46. The first-order valence-electron chi connectivity index (χ1n) is 10.1. The Kier molecular flexibility index (Phi) is 4.24. The second-order valence-electron chi connectivity index (χ2n) is 7.94. The van der Waals surface area contributed by atoms with Gasteiger partial charge in [0.25, 0.3) is 0 Å². The predicted octanol–water partition coefficient (Wildman–Crippen LogP) is 4.54. The Morgan fingerprint density at radius 3 is 2.72 bits per heavy atom. The number of aryl methyl sites for hydroxylation is 1. The normalized spacial score (nSPS) is 22.7. The highest BCUT2D eigenvalue weighted by atomic mass is 16.4.